The van der Waals surface area contributed by atoms with E-state index >= 15 is 0 Å². The van der Waals surface area contributed by atoms with Gasteiger partial charge in [-0.05, 0) is 0 Å². The Morgan fingerprint density at radius 2 is 2.40 bits per heavy atom. The average molecular weight is 164 g/mol. The summed E-state index contributed by atoms with van der Waals surface area (Å²) in [5.74, 6) is -1.00. The van der Waals surface area contributed by atoms with E-state index in [0.717, 1.165) is 6.20 Å². The summed E-state index contributed by atoms with van der Waals surface area (Å²) in [7, 11) is 0. The van der Waals surface area contributed by atoms with Crippen molar-refractivity contribution >= 4 is 17.2 Å². The van der Waals surface area contributed by atoms with Crippen LogP contribution in [0.15, 0.2) is 12.3 Å². The van der Waals surface area contributed by atoms with Gasteiger partial charge >= 0.3 is 5.97 Å². The normalized spacial score (nSPS) is 13.3. The second-order valence-corrected chi connectivity index (χ2v) is 2.06. The molecule has 0 aliphatic rings. The summed E-state index contributed by atoms with van der Waals surface area (Å²) in [6.07, 6.45) is 2.06. The molecule has 0 aromatic carbocycles. The van der Waals surface area contributed by atoms with Gasteiger partial charge in [-0.2, -0.15) is 0 Å². The number of nitrogens with one attached hydrogen (secondary N) is 1. The Morgan fingerprint density at radius 3 is 2.80 bits per heavy atom. The topological polar surface area (TPSA) is 89.5 Å². The van der Waals surface area contributed by atoms with Crippen molar-refractivity contribution in [2.75, 3.05) is 0 Å². The van der Waals surface area contributed by atoms with Gasteiger partial charge in [0, 0.05) is 17.5 Å². The number of hydrogen-bond donors (Lipinski definition) is 2. The predicted molar refractivity (Wildman–Crippen MR) is 33.4 cm³/mol. The summed E-state index contributed by atoms with van der Waals surface area (Å²) in [4.78, 5) is 9.81. The Kier molecular flexibility index (Phi) is 4.51. The Bertz CT molecular complexity index is 149. The fraction of sp³-hybridized carbons (Fsp3) is 0.250. The molecule has 10 heavy (non-hydrogen) atoms. The zero-order chi connectivity index (χ0) is 7.98. The van der Waals surface area contributed by atoms with Crippen LogP contribution >= 0.6 is 0 Å². The van der Waals surface area contributed by atoms with E-state index in [1.54, 1.807) is 0 Å². The highest BCUT2D eigenvalue weighted by molar-refractivity contribution is 7.77. The zero-order valence-electron chi connectivity index (χ0n) is 4.94. The lowest BCUT2D eigenvalue weighted by Gasteiger charge is -2.00. The Balaban J connectivity index is 3.38. The van der Waals surface area contributed by atoms with E-state index in [9.17, 15) is 13.6 Å². The standard InChI is InChI=1S/C4H7NO4S/c6-4(7)2-1-3-5-10(8)9/h1,3,5H,2H2,(H,6,7)(H,8,9)/p-1. The molecule has 0 saturated heterocycles. The first-order valence-corrected chi connectivity index (χ1v) is 3.42. The van der Waals surface area contributed by atoms with Crippen molar-refractivity contribution in [2.24, 2.45) is 0 Å². The van der Waals surface area contributed by atoms with Crippen LogP contribution in [0.5, 0.6) is 0 Å². The minimum Gasteiger partial charge on any atom is -0.755 e. The molecule has 0 bridgehead atoms. The van der Waals surface area contributed by atoms with Crippen molar-refractivity contribution in [3.05, 3.63) is 12.3 Å². The number of carboxylic acids is 1. The molecule has 0 aliphatic heterocycles. The minimum absolute atomic E-state index is 0.190. The fourth-order valence-corrected chi connectivity index (χ4v) is 0.471. The Hall–Kier alpha value is -0.880. The maximum atomic E-state index is 9.81. The van der Waals surface area contributed by atoms with E-state index in [0.29, 0.717) is 0 Å². The highest BCUT2D eigenvalue weighted by atomic mass is 32.2. The van der Waals surface area contributed by atoms with Crippen molar-refractivity contribution in [2.45, 2.75) is 6.42 Å². The van der Waals surface area contributed by atoms with Gasteiger partial charge in [-0.1, -0.05) is 6.08 Å². The minimum atomic E-state index is -2.36. The van der Waals surface area contributed by atoms with Crippen LogP contribution < -0.4 is 4.72 Å². The summed E-state index contributed by atoms with van der Waals surface area (Å²) in [6, 6.07) is 0. The molecular weight excluding hydrogens is 158 g/mol. The fourth-order valence-electron chi connectivity index (χ4n) is 0.263. The summed E-state index contributed by atoms with van der Waals surface area (Å²) >= 11 is -2.36. The molecule has 5 nitrogen and oxygen atoms in total. The molecule has 0 radical (unpaired) electrons. The molecule has 2 N–H and O–H groups in total. The van der Waals surface area contributed by atoms with Gasteiger partial charge in [-0.3, -0.25) is 9.00 Å². The van der Waals surface area contributed by atoms with Crippen LogP contribution in [0, 0.1) is 0 Å². The van der Waals surface area contributed by atoms with Crippen molar-refractivity contribution in [1.29, 1.82) is 0 Å². The van der Waals surface area contributed by atoms with E-state index in [2.05, 4.69) is 0 Å². The predicted octanol–water partition coefficient (Wildman–Crippen LogP) is -0.641. The maximum absolute atomic E-state index is 9.81. The molecule has 0 rings (SSSR count). The molecule has 0 aromatic rings. The van der Waals surface area contributed by atoms with E-state index in [1.807, 2.05) is 4.72 Å². The lowest BCUT2D eigenvalue weighted by molar-refractivity contribution is -0.136. The van der Waals surface area contributed by atoms with Gasteiger partial charge in [0.15, 0.2) is 0 Å². The maximum Gasteiger partial charge on any atom is 0.307 e. The number of rotatable bonds is 4. The lowest BCUT2D eigenvalue weighted by atomic mass is 10.4. The van der Waals surface area contributed by atoms with Crippen molar-refractivity contribution in [1.82, 2.24) is 4.72 Å². The molecule has 0 aromatic heterocycles. The van der Waals surface area contributed by atoms with Gasteiger partial charge in [0.25, 0.3) is 0 Å². The molecule has 1 atom stereocenters. The molecule has 0 aliphatic carbocycles. The largest absolute Gasteiger partial charge is 0.755 e. The van der Waals surface area contributed by atoms with Gasteiger partial charge in [0.05, 0.1) is 6.42 Å². The molecule has 0 spiro atoms. The van der Waals surface area contributed by atoms with Crippen molar-refractivity contribution < 1.29 is 18.7 Å². The SMILES string of the molecule is O=C(O)CC=CNS(=O)[O-]. The van der Waals surface area contributed by atoms with Gasteiger partial charge in [-0.25, -0.2) is 0 Å². The van der Waals surface area contributed by atoms with Crippen LogP contribution in [0.4, 0.5) is 0 Å². The first-order chi connectivity index (χ1) is 4.63. The molecule has 0 amide bonds. The summed E-state index contributed by atoms with van der Waals surface area (Å²) in [5.41, 5.74) is 0. The zero-order valence-corrected chi connectivity index (χ0v) is 5.76. The van der Waals surface area contributed by atoms with Gasteiger partial charge in [-0.15, -0.1) is 0 Å². The second-order valence-electron chi connectivity index (χ2n) is 1.35. The third-order valence-corrected chi connectivity index (χ3v) is 0.903. The van der Waals surface area contributed by atoms with Crippen LogP contribution in [0.25, 0.3) is 0 Å². The van der Waals surface area contributed by atoms with Crippen LogP contribution in [-0.4, -0.2) is 19.8 Å². The molecule has 1 unspecified atom stereocenters. The second kappa shape index (κ2) is 4.95. The highest BCUT2D eigenvalue weighted by Crippen LogP contribution is 1.79. The van der Waals surface area contributed by atoms with Gasteiger partial charge in [0.2, 0.25) is 0 Å². The molecule has 58 valence electrons. The van der Waals surface area contributed by atoms with Crippen LogP contribution in [0.3, 0.4) is 0 Å². The number of carbonyl (C=O) groups is 1. The number of carboxylic acid groups (broad SMARTS) is 1. The summed E-state index contributed by atoms with van der Waals surface area (Å²) in [5, 5.41) is 8.05. The molecule has 0 fully saturated rings. The Morgan fingerprint density at radius 1 is 1.80 bits per heavy atom. The molecule has 0 heterocycles. The summed E-state index contributed by atoms with van der Waals surface area (Å²) < 4.78 is 21.3. The first-order valence-electron chi connectivity index (χ1n) is 2.35. The lowest BCUT2D eigenvalue weighted by Crippen LogP contribution is -2.07. The van der Waals surface area contributed by atoms with Crippen molar-refractivity contribution in [3.63, 3.8) is 0 Å². The van der Waals surface area contributed by atoms with E-state index in [4.69, 9.17) is 5.11 Å². The molecule has 0 saturated carbocycles. The van der Waals surface area contributed by atoms with Crippen LogP contribution in [0.1, 0.15) is 6.42 Å². The van der Waals surface area contributed by atoms with Gasteiger partial charge < -0.3 is 14.4 Å². The van der Waals surface area contributed by atoms with Crippen LogP contribution in [0.2, 0.25) is 0 Å². The number of aliphatic carboxylic acids is 1. The quantitative estimate of drug-likeness (QED) is 0.541. The van der Waals surface area contributed by atoms with E-state index < -0.39 is 17.2 Å². The number of hydrogen-bond acceptors (Lipinski definition) is 3. The molecular formula is C4H6NO4S-. The highest BCUT2D eigenvalue weighted by Gasteiger charge is 1.87. The Labute approximate surface area is 60.2 Å². The smallest absolute Gasteiger partial charge is 0.307 e. The summed E-state index contributed by atoms with van der Waals surface area (Å²) in [6.45, 7) is 0. The third kappa shape index (κ3) is 7.12. The van der Waals surface area contributed by atoms with E-state index in [1.165, 1.54) is 6.08 Å². The molecule has 6 heteroatoms. The van der Waals surface area contributed by atoms with E-state index in [-0.39, 0.29) is 6.42 Å². The van der Waals surface area contributed by atoms with Crippen LogP contribution in [-0.2, 0) is 16.1 Å². The monoisotopic (exact) mass is 164 g/mol. The first kappa shape index (κ1) is 9.12. The van der Waals surface area contributed by atoms with Gasteiger partial charge in [0.1, 0.15) is 0 Å². The van der Waals surface area contributed by atoms with Crippen molar-refractivity contribution in [3.8, 4) is 0 Å². The average Bonchev–Trinajstić information content (AvgIpc) is 1.79. The third-order valence-electron chi connectivity index (χ3n) is 0.575.